The van der Waals surface area contributed by atoms with E-state index in [1.807, 2.05) is 27.7 Å². The van der Waals surface area contributed by atoms with Crippen molar-refractivity contribution in [2.45, 2.75) is 169 Å². The minimum absolute atomic E-state index is 0.0853. The molecule has 0 rings (SSSR count). The van der Waals surface area contributed by atoms with E-state index in [0.29, 0.717) is 63.9 Å². The molecule has 0 saturated carbocycles. The van der Waals surface area contributed by atoms with Crippen molar-refractivity contribution in [3.05, 3.63) is 0 Å². The van der Waals surface area contributed by atoms with Crippen LogP contribution in [0.5, 0.6) is 0 Å². The maximum atomic E-state index is 11.4. The second-order valence-electron chi connectivity index (χ2n) is 13.8. The Balaban J connectivity index is -0.000000152. The van der Waals surface area contributed by atoms with Gasteiger partial charge in [-0.05, 0) is 57.8 Å². The highest BCUT2D eigenvalue weighted by Gasteiger charge is 2.22. The molecular formula is C40H90O18P2S2. The number of methoxy groups -OCH3 is 2. The molecule has 3 N–H and O–H groups in total. The maximum absolute atomic E-state index is 11.4. The zero-order chi connectivity index (χ0) is 49.7. The predicted octanol–water partition coefficient (Wildman–Crippen LogP) is 8.09. The van der Waals surface area contributed by atoms with Gasteiger partial charge in [-0.1, -0.05) is 80.1 Å². The van der Waals surface area contributed by atoms with E-state index >= 15 is 0 Å². The summed E-state index contributed by atoms with van der Waals surface area (Å²) < 4.78 is 97.2. The fourth-order valence-electron chi connectivity index (χ4n) is 3.96. The van der Waals surface area contributed by atoms with Crippen LogP contribution < -0.4 is 0 Å². The number of carbonyl (C=O) groups excluding carboxylic acids is 2. The van der Waals surface area contributed by atoms with Gasteiger partial charge in [0, 0.05) is 47.5 Å². The van der Waals surface area contributed by atoms with Crippen LogP contribution in [0.15, 0.2) is 0 Å². The third-order valence-electron chi connectivity index (χ3n) is 8.49. The van der Waals surface area contributed by atoms with Crippen LogP contribution in [-0.2, 0) is 70.4 Å². The predicted molar refractivity (Wildman–Crippen MR) is 248 cm³/mol. The van der Waals surface area contributed by atoms with Crippen molar-refractivity contribution in [2.75, 3.05) is 79.9 Å². The van der Waals surface area contributed by atoms with Crippen LogP contribution in [-0.4, -0.2) is 142 Å². The summed E-state index contributed by atoms with van der Waals surface area (Å²) in [6.45, 7) is 11.8. The molecule has 0 amide bonds. The number of ether oxygens (including phenoxy) is 2. The highest BCUT2D eigenvalue weighted by Crippen LogP contribution is 2.47. The van der Waals surface area contributed by atoms with E-state index < -0.39 is 47.4 Å². The van der Waals surface area contributed by atoms with Crippen molar-refractivity contribution < 1.29 is 82.6 Å². The lowest BCUT2D eigenvalue weighted by Gasteiger charge is -2.14. The lowest BCUT2D eigenvalue weighted by Crippen LogP contribution is -2.12. The molecule has 0 aliphatic carbocycles. The highest BCUT2D eigenvalue weighted by molar-refractivity contribution is 7.90. The smallest absolute Gasteiger partial charge is 0.330 e. The number of hydrogen-bond donors (Lipinski definition) is 3. The highest BCUT2D eigenvalue weighted by atomic mass is 32.2. The van der Waals surface area contributed by atoms with Crippen LogP contribution >= 0.6 is 15.2 Å². The van der Waals surface area contributed by atoms with Gasteiger partial charge in [-0.2, -0.15) is 8.42 Å². The number of esters is 2. The molecule has 3 atom stereocenters. The SMILES string of the molecule is CCC(O)CCC(=O)OC.CCC(O)CCP(=O)(OC)OC.CCC(O)CCS(C)(=O)=O.CCCCCC(=O)OC.CCCCCP(=O)(OC)OC.CCCCCS(=O)(=O)OC. The van der Waals surface area contributed by atoms with Crippen LogP contribution in [0.3, 0.4) is 0 Å². The minimum Gasteiger partial charge on any atom is -0.469 e. The Morgan fingerprint density at radius 1 is 0.500 bits per heavy atom. The van der Waals surface area contributed by atoms with Crippen molar-refractivity contribution in [1.82, 2.24) is 0 Å². The molecule has 0 fully saturated rings. The Morgan fingerprint density at radius 3 is 1.24 bits per heavy atom. The quantitative estimate of drug-likeness (QED) is 0.0277. The molecule has 22 heteroatoms. The van der Waals surface area contributed by atoms with E-state index in [4.69, 9.17) is 28.3 Å². The van der Waals surface area contributed by atoms with Crippen LogP contribution in [0, 0.1) is 0 Å². The zero-order valence-corrected chi connectivity index (χ0v) is 44.2. The van der Waals surface area contributed by atoms with Gasteiger partial charge in [-0.3, -0.25) is 22.9 Å². The Morgan fingerprint density at radius 2 is 0.871 bits per heavy atom. The third-order valence-corrected chi connectivity index (χ3v) is 14.7. The molecule has 0 aromatic heterocycles. The summed E-state index contributed by atoms with van der Waals surface area (Å²) in [6, 6.07) is 0. The molecular weight excluding hydrogens is 895 g/mol. The fraction of sp³-hybridized carbons (Fsp3) is 0.950. The number of rotatable bonds is 29. The van der Waals surface area contributed by atoms with Gasteiger partial charge in [-0.25, -0.2) is 8.42 Å². The zero-order valence-electron chi connectivity index (χ0n) is 40.8. The van der Waals surface area contributed by atoms with Gasteiger partial charge in [0.2, 0.25) is 0 Å². The monoisotopic (exact) mass is 985 g/mol. The molecule has 380 valence electrons. The number of hydrogen-bond acceptors (Lipinski definition) is 18. The van der Waals surface area contributed by atoms with Gasteiger partial charge < -0.3 is 42.9 Å². The van der Waals surface area contributed by atoms with Crippen molar-refractivity contribution in [3.8, 4) is 0 Å². The number of aliphatic hydroxyl groups is 3. The summed E-state index contributed by atoms with van der Waals surface area (Å²) in [6.07, 6.45) is 13.9. The van der Waals surface area contributed by atoms with E-state index in [1.54, 1.807) is 0 Å². The average Bonchev–Trinajstić information content (AvgIpc) is 3.27. The van der Waals surface area contributed by atoms with Crippen LogP contribution in [0.1, 0.15) is 151 Å². The molecule has 18 nitrogen and oxygen atoms in total. The van der Waals surface area contributed by atoms with Gasteiger partial charge in [0.05, 0.1) is 63.5 Å². The first kappa shape index (κ1) is 72.6. The van der Waals surface area contributed by atoms with Crippen molar-refractivity contribution in [1.29, 1.82) is 0 Å². The largest absolute Gasteiger partial charge is 0.469 e. The van der Waals surface area contributed by atoms with Crippen LogP contribution in [0.2, 0.25) is 0 Å². The fourth-order valence-corrected chi connectivity index (χ4v) is 7.64. The molecule has 0 aromatic rings. The van der Waals surface area contributed by atoms with Crippen LogP contribution in [0.4, 0.5) is 0 Å². The molecule has 0 bridgehead atoms. The summed E-state index contributed by atoms with van der Waals surface area (Å²) in [7, 11) is -2.18. The van der Waals surface area contributed by atoms with Crippen LogP contribution in [0.25, 0.3) is 0 Å². The maximum Gasteiger partial charge on any atom is 0.330 e. The summed E-state index contributed by atoms with van der Waals surface area (Å²) >= 11 is 0. The number of carbonyl (C=O) groups is 2. The second kappa shape index (κ2) is 47.9. The number of sulfone groups is 1. The second-order valence-corrected chi connectivity index (χ2v) is 22.7. The Hall–Kier alpha value is -1.02. The van der Waals surface area contributed by atoms with Gasteiger partial charge in [-0.15, -0.1) is 0 Å². The first-order valence-corrected chi connectivity index (χ1v) is 28.5. The molecule has 0 spiro atoms. The van der Waals surface area contributed by atoms with Crippen molar-refractivity contribution >= 4 is 47.1 Å². The summed E-state index contributed by atoms with van der Waals surface area (Å²) in [4.78, 5) is 21.0. The van der Waals surface area contributed by atoms with Gasteiger partial charge in [0.15, 0.2) is 0 Å². The summed E-state index contributed by atoms with van der Waals surface area (Å²) in [5.41, 5.74) is 0. The Labute approximate surface area is 377 Å². The third kappa shape index (κ3) is 59.0. The Bertz CT molecular complexity index is 1300. The standard InChI is InChI=1S/C7H17O4P.C7H17O3P.C7H14O3.C7H14O2.2C6H14O3S/c1-4-7(8)5-6-12(9,10-2)11-3;1-4-5-6-7-11(8,9-2)10-3;1-3-6(8)4-5-7(9)10-2;1-3-4-5-6-7(8)9-2;1-3-6(7)4-5-10(2,8)9;1-3-4-5-6-10(7,8)9-2/h7-8H,4-6H2,1-3H3;4-7H2,1-3H3;6,8H,3-5H2,1-2H3;3-6H2,1-2H3;6-7H,3-5H2,1-2H3;3-6H2,1-2H3. The average molecular weight is 985 g/mol. The molecule has 0 aliphatic rings. The lowest BCUT2D eigenvalue weighted by molar-refractivity contribution is -0.141. The first-order valence-electron chi connectivity index (χ1n) is 21.4. The van der Waals surface area contributed by atoms with Gasteiger partial charge >= 0.3 is 27.1 Å². The molecule has 0 heterocycles. The van der Waals surface area contributed by atoms with E-state index in [0.717, 1.165) is 51.4 Å². The molecule has 0 radical (unpaired) electrons. The molecule has 0 aromatic carbocycles. The van der Waals surface area contributed by atoms with Gasteiger partial charge in [0.25, 0.3) is 10.1 Å². The van der Waals surface area contributed by atoms with E-state index in [-0.39, 0.29) is 35.7 Å². The molecule has 3 unspecified atom stereocenters. The molecule has 0 aliphatic heterocycles. The Kier molecular flexibility index (Phi) is 56.1. The lowest BCUT2D eigenvalue weighted by atomic mass is 10.1. The normalized spacial score (nSPS) is 12.7. The van der Waals surface area contributed by atoms with Gasteiger partial charge in [0.1, 0.15) is 9.84 Å². The van der Waals surface area contributed by atoms with Crippen molar-refractivity contribution in [2.24, 2.45) is 0 Å². The molecule has 0 saturated heterocycles. The first-order chi connectivity index (χ1) is 28.8. The summed E-state index contributed by atoms with van der Waals surface area (Å²) in [5.74, 6) is -0.116. The van der Waals surface area contributed by atoms with E-state index in [1.165, 1.54) is 56.0 Å². The van der Waals surface area contributed by atoms with Crippen molar-refractivity contribution in [3.63, 3.8) is 0 Å². The van der Waals surface area contributed by atoms with E-state index in [2.05, 4.69) is 27.5 Å². The van der Waals surface area contributed by atoms with E-state index in [9.17, 15) is 40.7 Å². The topological polar surface area (TPSA) is 262 Å². The number of unbranched alkanes of at least 4 members (excludes halogenated alkanes) is 6. The number of aliphatic hydroxyl groups excluding tert-OH is 3. The molecule has 62 heavy (non-hydrogen) atoms. The summed E-state index contributed by atoms with van der Waals surface area (Å²) in [5, 5.41) is 27.1. The minimum atomic E-state index is -3.19.